The zero-order valence-electron chi connectivity index (χ0n) is 8.00. The lowest BCUT2D eigenvalue weighted by Crippen LogP contribution is -2.19. The van der Waals surface area contributed by atoms with Crippen molar-refractivity contribution in [3.63, 3.8) is 0 Å². The minimum Gasteiger partial charge on any atom is -0.459 e. The standard InChI is InChI=1S/C10H14O3/c1-4-5-10(7-13-10)6-12-9(11)8(2)3/h4-5H,2,6-7H2,1,3H3/b5-4+. The molecule has 0 bridgehead atoms. The fourth-order valence-corrected chi connectivity index (χ4v) is 0.935. The highest BCUT2D eigenvalue weighted by molar-refractivity contribution is 5.86. The molecule has 1 rings (SSSR count). The maximum atomic E-state index is 11.0. The van der Waals surface area contributed by atoms with E-state index in [4.69, 9.17) is 9.47 Å². The summed E-state index contributed by atoms with van der Waals surface area (Å²) in [6.07, 6.45) is 3.79. The van der Waals surface area contributed by atoms with E-state index in [1.807, 2.05) is 19.1 Å². The fourth-order valence-electron chi connectivity index (χ4n) is 0.935. The van der Waals surface area contributed by atoms with Crippen LogP contribution >= 0.6 is 0 Å². The molecule has 0 aromatic carbocycles. The lowest BCUT2D eigenvalue weighted by atomic mass is 10.2. The van der Waals surface area contributed by atoms with E-state index in [0.29, 0.717) is 12.2 Å². The van der Waals surface area contributed by atoms with Gasteiger partial charge in [-0.2, -0.15) is 0 Å². The highest BCUT2D eigenvalue weighted by Crippen LogP contribution is 2.28. The van der Waals surface area contributed by atoms with Gasteiger partial charge in [-0.25, -0.2) is 4.79 Å². The molecule has 3 nitrogen and oxygen atoms in total. The van der Waals surface area contributed by atoms with E-state index in [1.54, 1.807) is 6.92 Å². The zero-order chi connectivity index (χ0) is 9.90. The van der Waals surface area contributed by atoms with E-state index in [2.05, 4.69) is 6.58 Å². The van der Waals surface area contributed by atoms with Crippen molar-refractivity contribution >= 4 is 5.97 Å². The predicted molar refractivity (Wildman–Crippen MR) is 49.3 cm³/mol. The summed E-state index contributed by atoms with van der Waals surface area (Å²) in [5, 5.41) is 0. The molecule has 1 fully saturated rings. The van der Waals surface area contributed by atoms with Crippen molar-refractivity contribution in [3.8, 4) is 0 Å². The molecule has 0 N–H and O–H groups in total. The third kappa shape index (κ3) is 2.70. The van der Waals surface area contributed by atoms with Gasteiger partial charge >= 0.3 is 5.97 Å². The molecule has 0 radical (unpaired) electrons. The second-order valence-electron chi connectivity index (χ2n) is 3.21. The first-order valence-corrected chi connectivity index (χ1v) is 4.20. The molecular formula is C10H14O3. The number of hydrogen-bond acceptors (Lipinski definition) is 3. The Hall–Kier alpha value is -1.09. The van der Waals surface area contributed by atoms with Crippen LogP contribution in [0.3, 0.4) is 0 Å². The predicted octanol–water partition coefficient (Wildman–Crippen LogP) is 1.45. The van der Waals surface area contributed by atoms with Gasteiger partial charge in [0.05, 0.1) is 6.61 Å². The van der Waals surface area contributed by atoms with Crippen molar-refractivity contribution in [1.82, 2.24) is 0 Å². The summed E-state index contributed by atoms with van der Waals surface area (Å²) in [6, 6.07) is 0. The van der Waals surface area contributed by atoms with E-state index < -0.39 is 0 Å². The minimum absolute atomic E-state index is 0.281. The van der Waals surface area contributed by atoms with Gasteiger partial charge in [0.1, 0.15) is 12.2 Å². The Kier molecular flexibility index (Phi) is 2.88. The van der Waals surface area contributed by atoms with E-state index in [9.17, 15) is 4.79 Å². The molecule has 0 aromatic heterocycles. The van der Waals surface area contributed by atoms with E-state index in [0.717, 1.165) is 0 Å². The number of carbonyl (C=O) groups is 1. The Bertz CT molecular complexity index is 249. The monoisotopic (exact) mass is 182 g/mol. The molecule has 0 aromatic rings. The van der Waals surface area contributed by atoms with Crippen molar-refractivity contribution in [2.75, 3.05) is 13.2 Å². The summed E-state index contributed by atoms with van der Waals surface area (Å²) in [5.74, 6) is -0.362. The van der Waals surface area contributed by atoms with Crippen LogP contribution in [0.1, 0.15) is 13.8 Å². The summed E-state index contributed by atoms with van der Waals surface area (Å²) < 4.78 is 10.1. The summed E-state index contributed by atoms with van der Waals surface area (Å²) in [4.78, 5) is 11.0. The lowest BCUT2D eigenvalue weighted by Gasteiger charge is -2.07. The molecule has 72 valence electrons. The average Bonchev–Trinajstić information content (AvgIpc) is 2.82. The molecule has 0 amide bonds. The molecule has 1 atom stereocenters. The molecule has 1 unspecified atom stereocenters. The highest BCUT2D eigenvalue weighted by Gasteiger charge is 2.43. The maximum absolute atomic E-state index is 11.0. The summed E-state index contributed by atoms with van der Waals surface area (Å²) >= 11 is 0. The Morgan fingerprint density at radius 1 is 1.77 bits per heavy atom. The van der Waals surface area contributed by atoms with Crippen LogP contribution in [0.15, 0.2) is 24.3 Å². The number of carbonyl (C=O) groups excluding carboxylic acids is 1. The van der Waals surface area contributed by atoms with Crippen LogP contribution in [-0.4, -0.2) is 24.8 Å². The smallest absolute Gasteiger partial charge is 0.333 e. The van der Waals surface area contributed by atoms with Gasteiger partial charge in [-0.1, -0.05) is 18.7 Å². The molecule has 0 saturated carbocycles. The number of rotatable bonds is 4. The normalized spacial score (nSPS) is 26.0. The van der Waals surface area contributed by atoms with E-state index in [1.165, 1.54) is 0 Å². The number of hydrogen-bond donors (Lipinski definition) is 0. The van der Waals surface area contributed by atoms with Crippen LogP contribution in [0.5, 0.6) is 0 Å². The molecule has 1 aliphatic rings. The van der Waals surface area contributed by atoms with Crippen LogP contribution in [0.2, 0.25) is 0 Å². The topological polar surface area (TPSA) is 38.8 Å². The Morgan fingerprint density at radius 3 is 2.77 bits per heavy atom. The van der Waals surface area contributed by atoms with Crippen LogP contribution in [-0.2, 0) is 14.3 Å². The number of allylic oxidation sites excluding steroid dienone is 1. The molecule has 1 saturated heterocycles. The molecule has 0 aliphatic carbocycles. The first-order valence-electron chi connectivity index (χ1n) is 4.20. The lowest BCUT2D eigenvalue weighted by molar-refractivity contribution is -0.140. The van der Waals surface area contributed by atoms with Gasteiger partial charge in [0.25, 0.3) is 0 Å². The van der Waals surface area contributed by atoms with Gasteiger partial charge in [-0.05, 0) is 13.8 Å². The highest BCUT2D eigenvalue weighted by atomic mass is 16.6. The summed E-state index contributed by atoms with van der Waals surface area (Å²) in [5.41, 5.74) is 0.0659. The molecule has 0 spiro atoms. The van der Waals surface area contributed by atoms with Crippen LogP contribution < -0.4 is 0 Å². The Balaban J connectivity index is 2.34. The van der Waals surface area contributed by atoms with Gasteiger partial charge in [0.2, 0.25) is 0 Å². The zero-order valence-corrected chi connectivity index (χ0v) is 8.00. The Labute approximate surface area is 78.0 Å². The maximum Gasteiger partial charge on any atom is 0.333 e. The third-order valence-electron chi connectivity index (χ3n) is 1.78. The molecule has 13 heavy (non-hydrogen) atoms. The van der Waals surface area contributed by atoms with Crippen molar-refractivity contribution in [1.29, 1.82) is 0 Å². The second kappa shape index (κ2) is 3.75. The quantitative estimate of drug-likeness (QED) is 0.286. The fraction of sp³-hybridized carbons (Fsp3) is 0.500. The summed E-state index contributed by atoms with van der Waals surface area (Å²) in [7, 11) is 0. The second-order valence-corrected chi connectivity index (χ2v) is 3.21. The Morgan fingerprint density at radius 2 is 2.38 bits per heavy atom. The number of ether oxygens (including phenoxy) is 2. The van der Waals surface area contributed by atoms with Crippen LogP contribution in [0.4, 0.5) is 0 Å². The van der Waals surface area contributed by atoms with Crippen LogP contribution in [0, 0.1) is 0 Å². The molecular weight excluding hydrogens is 168 g/mol. The third-order valence-corrected chi connectivity index (χ3v) is 1.78. The minimum atomic E-state index is -0.362. The average molecular weight is 182 g/mol. The molecule has 1 aliphatic heterocycles. The van der Waals surface area contributed by atoms with Gasteiger partial charge < -0.3 is 9.47 Å². The number of esters is 1. The van der Waals surface area contributed by atoms with Gasteiger partial charge in [-0.15, -0.1) is 0 Å². The molecule has 1 heterocycles. The molecule has 3 heteroatoms. The van der Waals surface area contributed by atoms with Crippen LogP contribution in [0.25, 0.3) is 0 Å². The van der Waals surface area contributed by atoms with Gasteiger partial charge in [0, 0.05) is 5.57 Å². The first kappa shape index (κ1) is 9.99. The van der Waals surface area contributed by atoms with Crippen molar-refractivity contribution in [2.45, 2.75) is 19.4 Å². The van der Waals surface area contributed by atoms with Gasteiger partial charge in [0.15, 0.2) is 0 Å². The van der Waals surface area contributed by atoms with E-state index >= 15 is 0 Å². The first-order chi connectivity index (χ1) is 6.09. The largest absolute Gasteiger partial charge is 0.459 e. The van der Waals surface area contributed by atoms with Crippen molar-refractivity contribution < 1.29 is 14.3 Å². The number of epoxide rings is 1. The van der Waals surface area contributed by atoms with Crippen molar-refractivity contribution in [3.05, 3.63) is 24.3 Å². The SMILES string of the molecule is C=C(C)C(=O)OCC1(/C=C/C)CO1. The van der Waals surface area contributed by atoms with Gasteiger partial charge in [-0.3, -0.25) is 0 Å². The summed E-state index contributed by atoms with van der Waals surface area (Å²) in [6.45, 7) is 7.93. The van der Waals surface area contributed by atoms with E-state index in [-0.39, 0.29) is 18.2 Å². The van der Waals surface area contributed by atoms with Crippen molar-refractivity contribution in [2.24, 2.45) is 0 Å².